The number of rotatable bonds is 7. The van der Waals surface area contributed by atoms with Crippen molar-refractivity contribution in [3.05, 3.63) is 46.2 Å². The van der Waals surface area contributed by atoms with E-state index in [0.29, 0.717) is 53.6 Å². The maximum atomic E-state index is 13.2. The van der Waals surface area contributed by atoms with Crippen LogP contribution in [-0.2, 0) is 4.74 Å². The quantitative estimate of drug-likeness (QED) is 0.489. The summed E-state index contributed by atoms with van der Waals surface area (Å²) in [6.45, 7) is 3.90. The number of aromatic nitrogens is 4. The highest BCUT2D eigenvalue weighted by molar-refractivity contribution is 7.14. The van der Waals surface area contributed by atoms with E-state index in [2.05, 4.69) is 25.1 Å². The lowest BCUT2D eigenvalue weighted by molar-refractivity contribution is -0.274. The fourth-order valence-corrected chi connectivity index (χ4v) is 4.66. The van der Waals surface area contributed by atoms with Gasteiger partial charge in [0, 0.05) is 18.7 Å². The lowest BCUT2D eigenvalue weighted by Crippen LogP contribution is -2.37. The molecule has 0 radical (unpaired) electrons. The molecule has 37 heavy (non-hydrogen) atoms. The van der Waals surface area contributed by atoms with Crippen molar-refractivity contribution in [1.29, 1.82) is 5.26 Å². The summed E-state index contributed by atoms with van der Waals surface area (Å²) in [5.41, 5.74) is 0.681. The minimum Gasteiger partial charge on any atom is -0.406 e. The van der Waals surface area contributed by atoms with Gasteiger partial charge in [0.1, 0.15) is 16.7 Å². The van der Waals surface area contributed by atoms with Crippen molar-refractivity contribution in [3.8, 4) is 17.0 Å². The van der Waals surface area contributed by atoms with Crippen molar-refractivity contribution in [1.82, 2.24) is 25.1 Å². The number of morpholine rings is 1. The second kappa shape index (κ2) is 9.98. The number of nitrogens with zero attached hydrogens (tertiary/aromatic N) is 6. The van der Waals surface area contributed by atoms with E-state index in [1.165, 1.54) is 16.9 Å². The Balaban J connectivity index is 1.43. The molecule has 14 heteroatoms. The maximum absolute atomic E-state index is 13.2. The first-order valence-electron chi connectivity index (χ1n) is 11.6. The molecule has 1 aliphatic heterocycles. The third kappa shape index (κ3) is 5.83. The van der Waals surface area contributed by atoms with Gasteiger partial charge in [-0.15, -0.1) is 18.3 Å². The van der Waals surface area contributed by atoms with E-state index in [-0.39, 0.29) is 11.5 Å². The fourth-order valence-electron chi connectivity index (χ4n) is 3.99. The highest BCUT2D eigenvalue weighted by Gasteiger charge is 2.33. The molecule has 0 bridgehead atoms. The minimum atomic E-state index is -4.87. The molecule has 2 aliphatic rings. The Bertz CT molecular complexity index is 1340. The predicted octanol–water partition coefficient (Wildman–Crippen LogP) is 3.70. The Kier molecular flexibility index (Phi) is 6.74. The Morgan fingerprint density at radius 3 is 2.70 bits per heavy atom. The first kappa shape index (κ1) is 25.0. The smallest absolute Gasteiger partial charge is 0.406 e. The van der Waals surface area contributed by atoms with Crippen molar-refractivity contribution >= 4 is 23.2 Å². The minimum absolute atomic E-state index is 0.0518. The zero-order chi connectivity index (χ0) is 26.2. The van der Waals surface area contributed by atoms with Gasteiger partial charge in [0.05, 0.1) is 25.5 Å². The van der Waals surface area contributed by atoms with E-state index in [1.807, 2.05) is 11.0 Å². The number of nitrogens with one attached hydrogen (secondary N) is 1. The Labute approximate surface area is 213 Å². The summed E-state index contributed by atoms with van der Waals surface area (Å²) in [6.07, 6.45) is -1.75. The number of ether oxygens (including phenoxy) is 2. The second-order valence-corrected chi connectivity index (χ2v) is 9.72. The normalized spacial score (nSPS) is 16.8. The van der Waals surface area contributed by atoms with Gasteiger partial charge in [-0.05, 0) is 49.4 Å². The standard InChI is InChI=1S/C23H22F3N7O3S/c1-13(29-20(34)16-8-15(14-2-3-14)9-17(10-16)36-23(24,25)26)19-30-21(32-4-6-35-7-5-32)31-33(19)22-28-12-18(11-27)37-22/h8-10,12-14H,2-7H2,1H3,(H,29,34)/t13-/m0/s1. The molecule has 0 unspecified atom stereocenters. The summed E-state index contributed by atoms with van der Waals surface area (Å²) in [5.74, 6) is -0.122. The van der Waals surface area contributed by atoms with Gasteiger partial charge in [0.15, 0.2) is 5.82 Å². The topological polar surface area (TPSA) is 118 Å². The number of benzene rings is 1. The average molecular weight is 534 g/mol. The van der Waals surface area contributed by atoms with E-state index >= 15 is 0 Å². The number of thiazole rings is 1. The molecular formula is C23H22F3N7O3S. The number of anilines is 1. The van der Waals surface area contributed by atoms with Gasteiger partial charge in [-0.2, -0.15) is 14.9 Å². The van der Waals surface area contributed by atoms with Crippen LogP contribution in [0.1, 0.15) is 58.3 Å². The zero-order valence-corrected chi connectivity index (χ0v) is 20.5. The molecule has 194 valence electrons. The Morgan fingerprint density at radius 2 is 2.05 bits per heavy atom. The molecule has 0 spiro atoms. The van der Waals surface area contributed by atoms with Gasteiger partial charge in [-0.25, -0.2) is 4.98 Å². The number of nitriles is 1. The lowest BCUT2D eigenvalue weighted by atomic mass is 10.1. The number of alkyl halides is 3. The molecule has 1 atom stereocenters. The van der Waals surface area contributed by atoms with Crippen LogP contribution < -0.4 is 15.0 Å². The molecule has 1 N–H and O–H groups in total. The van der Waals surface area contributed by atoms with Gasteiger partial charge in [-0.1, -0.05) is 11.3 Å². The molecule has 1 aliphatic carbocycles. The monoisotopic (exact) mass is 533 g/mol. The van der Waals surface area contributed by atoms with E-state index in [4.69, 9.17) is 4.74 Å². The van der Waals surface area contributed by atoms with E-state index in [1.54, 1.807) is 13.0 Å². The van der Waals surface area contributed by atoms with Crippen molar-refractivity contribution in [3.63, 3.8) is 0 Å². The number of hydrogen-bond acceptors (Lipinski definition) is 9. The SMILES string of the molecule is C[C@H](NC(=O)c1cc(OC(F)(F)F)cc(C2CC2)c1)c1nc(N2CCOCC2)nn1-c1ncc(C#N)s1. The molecule has 1 amide bonds. The summed E-state index contributed by atoms with van der Waals surface area (Å²) >= 11 is 1.12. The van der Waals surface area contributed by atoms with Gasteiger partial charge in [-0.3, -0.25) is 4.79 Å². The predicted molar refractivity (Wildman–Crippen MR) is 126 cm³/mol. The van der Waals surface area contributed by atoms with E-state index in [9.17, 15) is 23.2 Å². The number of halogens is 3. The lowest BCUT2D eigenvalue weighted by Gasteiger charge is -2.25. The van der Waals surface area contributed by atoms with Crippen molar-refractivity contribution in [2.75, 3.05) is 31.2 Å². The molecule has 5 rings (SSSR count). The second-order valence-electron chi connectivity index (χ2n) is 8.71. The number of carbonyl (C=O) groups excluding carboxylic acids is 1. The van der Waals surface area contributed by atoms with Crippen LogP contribution in [0.25, 0.3) is 5.13 Å². The molecule has 10 nitrogen and oxygen atoms in total. The molecule has 3 aromatic rings. The summed E-state index contributed by atoms with van der Waals surface area (Å²) in [6, 6.07) is 5.33. The van der Waals surface area contributed by atoms with E-state index in [0.717, 1.165) is 30.2 Å². The Morgan fingerprint density at radius 1 is 1.30 bits per heavy atom. The van der Waals surface area contributed by atoms with Crippen LogP contribution in [0.5, 0.6) is 5.75 Å². The van der Waals surface area contributed by atoms with Gasteiger partial charge in [0.25, 0.3) is 5.91 Å². The first-order valence-corrected chi connectivity index (χ1v) is 12.4. The largest absolute Gasteiger partial charge is 0.573 e. The van der Waals surface area contributed by atoms with Crippen LogP contribution in [0.15, 0.2) is 24.4 Å². The van der Waals surface area contributed by atoms with Crippen LogP contribution in [0.2, 0.25) is 0 Å². The third-order valence-corrected chi connectivity index (χ3v) is 6.79. The van der Waals surface area contributed by atoms with E-state index < -0.39 is 24.1 Å². The summed E-state index contributed by atoms with van der Waals surface area (Å²) in [4.78, 5) is 24.4. The molecule has 2 fully saturated rings. The van der Waals surface area contributed by atoms with Crippen LogP contribution >= 0.6 is 11.3 Å². The van der Waals surface area contributed by atoms with Crippen LogP contribution in [0, 0.1) is 11.3 Å². The van der Waals surface area contributed by atoms with Gasteiger partial charge in [0.2, 0.25) is 11.1 Å². The highest BCUT2D eigenvalue weighted by Crippen LogP contribution is 2.42. The fraction of sp³-hybridized carbons (Fsp3) is 0.435. The first-order chi connectivity index (χ1) is 17.7. The van der Waals surface area contributed by atoms with Gasteiger partial charge < -0.3 is 19.7 Å². The molecule has 1 aromatic carbocycles. The number of amides is 1. The number of hydrogen-bond donors (Lipinski definition) is 1. The highest BCUT2D eigenvalue weighted by atomic mass is 32.1. The van der Waals surface area contributed by atoms with Crippen molar-refractivity contribution in [2.24, 2.45) is 0 Å². The van der Waals surface area contributed by atoms with Gasteiger partial charge >= 0.3 is 6.36 Å². The molecule has 2 aromatic heterocycles. The molecule has 3 heterocycles. The van der Waals surface area contributed by atoms with Crippen LogP contribution in [-0.4, -0.2) is 58.3 Å². The average Bonchev–Trinajstić information content (AvgIpc) is 3.44. The molecule has 1 saturated heterocycles. The zero-order valence-electron chi connectivity index (χ0n) is 19.7. The summed E-state index contributed by atoms with van der Waals surface area (Å²) < 4.78 is 49.6. The van der Waals surface area contributed by atoms with Crippen molar-refractivity contribution in [2.45, 2.75) is 38.1 Å². The maximum Gasteiger partial charge on any atom is 0.573 e. The molecular weight excluding hydrogens is 511 g/mol. The Hall–Kier alpha value is -3.70. The summed E-state index contributed by atoms with van der Waals surface area (Å²) in [7, 11) is 0. The summed E-state index contributed by atoms with van der Waals surface area (Å²) in [5, 5.41) is 17.0. The van der Waals surface area contributed by atoms with Crippen molar-refractivity contribution < 1.29 is 27.4 Å². The third-order valence-electron chi connectivity index (χ3n) is 5.91. The van der Waals surface area contributed by atoms with Crippen LogP contribution in [0.3, 0.4) is 0 Å². The molecule has 1 saturated carbocycles. The number of carbonyl (C=O) groups is 1. The van der Waals surface area contributed by atoms with Crippen LogP contribution in [0.4, 0.5) is 19.1 Å².